The number of hydrogen-bond donors (Lipinski definition) is 1. The molecule has 0 aliphatic heterocycles. The van der Waals surface area contributed by atoms with Gasteiger partial charge in [0.1, 0.15) is 0 Å². The van der Waals surface area contributed by atoms with Gasteiger partial charge in [0.2, 0.25) is 0 Å². The maximum atomic E-state index is 12.0. The predicted octanol–water partition coefficient (Wildman–Crippen LogP) is 1.55. The van der Waals surface area contributed by atoms with Crippen LogP contribution in [0.1, 0.15) is 11.5 Å². The Labute approximate surface area is 122 Å². The fourth-order valence-electron chi connectivity index (χ4n) is 3.05. The summed E-state index contributed by atoms with van der Waals surface area (Å²) >= 11 is 3.38. The first-order valence-electron chi connectivity index (χ1n) is 6.00. The molecule has 3 atom stereocenters. The molecule has 2 rings (SSSR count). The molecule has 1 saturated carbocycles. The number of hydrogen-bond acceptors (Lipinski definition) is 4. The van der Waals surface area contributed by atoms with Crippen molar-refractivity contribution in [1.82, 2.24) is 0 Å². The highest BCUT2D eigenvalue weighted by Gasteiger charge is 2.69. The number of halogens is 1. The van der Waals surface area contributed by atoms with Gasteiger partial charge in [0.15, 0.2) is 9.84 Å². The summed E-state index contributed by atoms with van der Waals surface area (Å²) in [7, 11) is -1.57. The molecule has 0 spiro atoms. The van der Waals surface area contributed by atoms with Crippen molar-refractivity contribution < 1.29 is 13.2 Å². The third-order valence-electron chi connectivity index (χ3n) is 3.86. The zero-order chi connectivity index (χ0) is 14.3. The van der Waals surface area contributed by atoms with E-state index in [2.05, 4.69) is 15.9 Å². The second-order valence-corrected chi connectivity index (χ2v) is 8.23. The van der Waals surface area contributed by atoms with Crippen LogP contribution < -0.4 is 5.73 Å². The van der Waals surface area contributed by atoms with E-state index >= 15 is 0 Å². The molecule has 1 aliphatic carbocycles. The molecule has 0 unspecified atom stereocenters. The second-order valence-electron chi connectivity index (χ2n) is 5.15. The molecule has 0 radical (unpaired) electrons. The van der Waals surface area contributed by atoms with Crippen LogP contribution in [0.2, 0.25) is 0 Å². The van der Waals surface area contributed by atoms with Gasteiger partial charge in [-0.3, -0.25) is 0 Å². The molecule has 0 amide bonds. The summed E-state index contributed by atoms with van der Waals surface area (Å²) in [5.74, 6) is -0.0828. The van der Waals surface area contributed by atoms with E-state index in [0.717, 1.165) is 10.0 Å². The van der Waals surface area contributed by atoms with Crippen molar-refractivity contribution in [3.63, 3.8) is 0 Å². The molecule has 0 heterocycles. The maximum absolute atomic E-state index is 12.0. The predicted molar refractivity (Wildman–Crippen MR) is 78.9 cm³/mol. The normalized spacial score (nSPS) is 30.3. The highest BCUT2D eigenvalue weighted by atomic mass is 79.9. The number of ether oxygens (including phenoxy) is 1. The molecule has 0 bridgehead atoms. The molecule has 4 nitrogen and oxygen atoms in total. The van der Waals surface area contributed by atoms with Crippen LogP contribution in [0, 0.1) is 5.41 Å². The smallest absolute Gasteiger partial charge is 0.151 e. The SMILES string of the molecule is COC[C@@]1(CN)[C@H](c2ccc(Br)cc2)[C@@H]1S(C)(=O)=O. The van der Waals surface area contributed by atoms with Crippen LogP contribution in [0.25, 0.3) is 0 Å². The van der Waals surface area contributed by atoms with Gasteiger partial charge in [0.05, 0.1) is 11.9 Å². The van der Waals surface area contributed by atoms with E-state index in [-0.39, 0.29) is 5.92 Å². The first kappa shape index (κ1) is 15.0. The largest absolute Gasteiger partial charge is 0.384 e. The number of methoxy groups -OCH3 is 1. The number of sulfone groups is 1. The van der Waals surface area contributed by atoms with Gasteiger partial charge < -0.3 is 10.5 Å². The molecule has 0 saturated heterocycles. The lowest BCUT2D eigenvalue weighted by Gasteiger charge is -2.14. The maximum Gasteiger partial charge on any atom is 0.151 e. The summed E-state index contributed by atoms with van der Waals surface area (Å²) in [5, 5.41) is -0.453. The Morgan fingerprint density at radius 3 is 2.37 bits per heavy atom. The average molecular weight is 348 g/mol. The van der Waals surface area contributed by atoms with Crippen LogP contribution in [0.5, 0.6) is 0 Å². The third-order valence-corrected chi connectivity index (χ3v) is 6.06. The Hall–Kier alpha value is -0.430. The van der Waals surface area contributed by atoms with Crippen LogP contribution in [-0.2, 0) is 14.6 Å². The third kappa shape index (κ3) is 2.59. The Bertz CT molecular complexity index is 558. The van der Waals surface area contributed by atoms with Crippen LogP contribution in [-0.4, -0.2) is 40.2 Å². The summed E-state index contributed by atoms with van der Waals surface area (Å²) in [6.45, 7) is 0.668. The van der Waals surface area contributed by atoms with Crippen molar-refractivity contribution in [2.24, 2.45) is 11.1 Å². The summed E-state index contributed by atoms with van der Waals surface area (Å²) in [6.07, 6.45) is 1.27. The van der Waals surface area contributed by atoms with E-state index in [4.69, 9.17) is 10.5 Å². The number of benzene rings is 1. The van der Waals surface area contributed by atoms with E-state index in [1.165, 1.54) is 6.26 Å². The molecule has 19 heavy (non-hydrogen) atoms. The first-order chi connectivity index (χ1) is 8.86. The van der Waals surface area contributed by atoms with Crippen molar-refractivity contribution in [1.29, 1.82) is 0 Å². The Morgan fingerprint density at radius 2 is 1.95 bits per heavy atom. The molecule has 106 valence electrons. The van der Waals surface area contributed by atoms with Gasteiger partial charge in [-0.2, -0.15) is 0 Å². The Morgan fingerprint density at radius 1 is 1.37 bits per heavy atom. The zero-order valence-corrected chi connectivity index (χ0v) is 13.4. The molecule has 2 N–H and O–H groups in total. The van der Waals surface area contributed by atoms with Crippen LogP contribution >= 0.6 is 15.9 Å². The molecule has 6 heteroatoms. The molecule has 1 aliphatic rings. The molecular formula is C13H18BrNO3S. The van der Waals surface area contributed by atoms with E-state index < -0.39 is 20.5 Å². The molecule has 1 aromatic carbocycles. The van der Waals surface area contributed by atoms with Crippen molar-refractivity contribution in [2.45, 2.75) is 11.2 Å². The standard InChI is InChI=1S/C13H18BrNO3S/c1-18-8-13(7-15)11(12(13)19(2,16)17)9-3-5-10(14)6-4-9/h3-6,11-12H,7-8,15H2,1-2H3/t11-,12+,13+/m1/s1. The average Bonchev–Trinajstić information content (AvgIpc) is 3.00. The van der Waals surface area contributed by atoms with Gasteiger partial charge in [-0.05, 0) is 17.7 Å². The van der Waals surface area contributed by atoms with Crippen LogP contribution in [0.4, 0.5) is 0 Å². The van der Waals surface area contributed by atoms with Gasteiger partial charge >= 0.3 is 0 Å². The van der Waals surface area contributed by atoms with Crippen molar-refractivity contribution >= 4 is 25.8 Å². The fourth-order valence-corrected chi connectivity index (χ4v) is 5.32. The van der Waals surface area contributed by atoms with Crippen molar-refractivity contribution in [3.05, 3.63) is 34.3 Å². The quantitative estimate of drug-likeness (QED) is 0.877. The van der Waals surface area contributed by atoms with Crippen molar-refractivity contribution in [2.75, 3.05) is 26.5 Å². The molecule has 1 fully saturated rings. The first-order valence-corrected chi connectivity index (χ1v) is 8.75. The van der Waals surface area contributed by atoms with Gasteiger partial charge in [0, 0.05) is 35.7 Å². The number of rotatable bonds is 5. The molecular weight excluding hydrogens is 330 g/mol. The molecule has 0 aromatic heterocycles. The van der Waals surface area contributed by atoms with E-state index in [1.807, 2.05) is 24.3 Å². The summed E-state index contributed by atoms with van der Waals surface area (Å²) in [4.78, 5) is 0. The monoisotopic (exact) mass is 347 g/mol. The second kappa shape index (κ2) is 5.16. The topological polar surface area (TPSA) is 69.4 Å². The number of nitrogens with two attached hydrogens (primary N) is 1. The highest BCUT2D eigenvalue weighted by Crippen LogP contribution is 2.62. The zero-order valence-electron chi connectivity index (χ0n) is 11.0. The Kier molecular flexibility index (Phi) is 4.07. The lowest BCUT2D eigenvalue weighted by atomic mass is 10.0. The molecule has 1 aromatic rings. The lowest BCUT2D eigenvalue weighted by molar-refractivity contribution is 0.142. The van der Waals surface area contributed by atoms with E-state index in [1.54, 1.807) is 7.11 Å². The minimum atomic E-state index is -3.15. The van der Waals surface area contributed by atoms with Crippen molar-refractivity contribution in [3.8, 4) is 0 Å². The summed E-state index contributed by atoms with van der Waals surface area (Å²) < 4.78 is 30.1. The minimum Gasteiger partial charge on any atom is -0.384 e. The van der Waals surface area contributed by atoms with E-state index in [0.29, 0.717) is 13.2 Å². The van der Waals surface area contributed by atoms with E-state index in [9.17, 15) is 8.42 Å². The minimum absolute atomic E-state index is 0.0828. The van der Waals surface area contributed by atoms with Gasteiger partial charge in [-0.15, -0.1) is 0 Å². The fraction of sp³-hybridized carbons (Fsp3) is 0.538. The van der Waals surface area contributed by atoms with Crippen LogP contribution in [0.15, 0.2) is 28.7 Å². The van der Waals surface area contributed by atoms with Gasteiger partial charge in [-0.1, -0.05) is 28.1 Å². The van der Waals surface area contributed by atoms with Crippen LogP contribution in [0.3, 0.4) is 0 Å². The lowest BCUT2D eigenvalue weighted by Crippen LogP contribution is -2.28. The Balaban J connectivity index is 2.40. The van der Waals surface area contributed by atoms with Gasteiger partial charge in [0.25, 0.3) is 0 Å². The van der Waals surface area contributed by atoms with Gasteiger partial charge in [-0.25, -0.2) is 8.42 Å². The highest BCUT2D eigenvalue weighted by molar-refractivity contribution is 9.10. The summed E-state index contributed by atoms with van der Waals surface area (Å²) in [6, 6.07) is 7.72. The summed E-state index contributed by atoms with van der Waals surface area (Å²) in [5.41, 5.74) is 6.36.